The summed E-state index contributed by atoms with van der Waals surface area (Å²) < 4.78 is 6.78. The first kappa shape index (κ1) is 22.1. The number of rotatable bonds is 6. The molecule has 2 saturated heterocycles. The van der Waals surface area contributed by atoms with Crippen LogP contribution >= 0.6 is 0 Å². The van der Waals surface area contributed by atoms with Gasteiger partial charge in [0.2, 0.25) is 11.8 Å². The third-order valence-corrected chi connectivity index (χ3v) is 5.70. The van der Waals surface area contributed by atoms with E-state index in [1.165, 1.54) is 0 Å². The summed E-state index contributed by atoms with van der Waals surface area (Å²) in [5.74, 6) is 0.0505. The Labute approximate surface area is 177 Å². The first-order valence-electron chi connectivity index (χ1n) is 10.7. The van der Waals surface area contributed by atoms with Crippen molar-refractivity contribution in [3.05, 3.63) is 12.4 Å². The molecule has 0 aliphatic carbocycles. The van der Waals surface area contributed by atoms with Crippen LogP contribution < -0.4 is 5.32 Å². The van der Waals surface area contributed by atoms with Crippen LogP contribution in [0.5, 0.6) is 0 Å². The van der Waals surface area contributed by atoms with Gasteiger partial charge in [-0.25, -0.2) is 4.79 Å². The van der Waals surface area contributed by atoms with Crippen molar-refractivity contribution in [3.8, 4) is 0 Å². The van der Waals surface area contributed by atoms with Crippen LogP contribution in [0.3, 0.4) is 0 Å². The number of amides is 3. The standard InChI is InChI=1S/C20H32N6O4/c1-3-26-14-17(13-21-26)22-19(28)16-5-7-23(8-6-16)15-18(27)24-9-11-25(12-10-24)20(29)30-4-2/h13-14,16H,3-12,15H2,1-2H3,(H,22,28). The molecule has 0 saturated carbocycles. The number of aromatic nitrogens is 2. The highest BCUT2D eigenvalue weighted by Gasteiger charge is 2.29. The lowest BCUT2D eigenvalue weighted by Gasteiger charge is -2.36. The second kappa shape index (κ2) is 10.4. The number of hydrogen-bond donors (Lipinski definition) is 1. The number of ether oxygens (including phenoxy) is 1. The van der Waals surface area contributed by atoms with Crippen molar-refractivity contribution < 1.29 is 19.1 Å². The number of piperazine rings is 1. The van der Waals surface area contributed by atoms with Crippen LogP contribution in [0.25, 0.3) is 0 Å². The predicted octanol–water partition coefficient (Wildman–Crippen LogP) is 0.854. The van der Waals surface area contributed by atoms with Gasteiger partial charge in [-0.15, -0.1) is 0 Å². The summed E-state index contributed by atoms with van der Waals surface area (Å²) in [5, 5.41) is 7.11. The van der Waals surface area contributed by atoms with Crippen LogP contribution in [0.1, 0.15) is 26.7 Å². The maximum absolute atomic E-state index is 12.6. The minimum Gasteiger partial charge on any atom is -0.450 e. The first-order chi connectivity index (χ1) is 14.5. The molecule has 3 rings (SSSR count). The van der Waals surface area contributed by atoms with Gasteiger partial charge in [-0.05, 0) is 39.8 Å². The van der Waals surface area contributed by atoms with Gasteiger partial charge in [0.25, 0.3) is 0 Å². The van der Waals surface area contributed by atoms with Gasteiger partial charge in [-0.1, -0.05) is 0 Å². The summed E-state index contributed by atoms with van der Waals surface area (Å²) in [6.07, 6.45) is 4.64. The molecule has 1 N–H and O–H groups in total. The fourth-order valence-corrected chi connectivity index (χ4v) is 3.84. The molecule has 3 heterocycles. The van der Waals surface area contributed by atoms with Crippen LogP contribution in [0.4, 0.5) is 10.5 Å². The van der Waals surface area contributed by atoms with Gasteiger partial charge >= 0.3 is 6.09 Å². The molecule has 3 amide bonds. The van der Waals surface area contributed by atoms with Crippen molar-refractivity contribution in [1.82, 2.24) is 24.5 Å². The topological polar surface area (TPSA) is 100 Å². The zero-order chi connectivity index (χ0) is 21.5. The Morgan fingerprint density at radius 2 is 1.73 bits per heavy atom. The average Bonchev–Trinajstić information content (AvgIpc) is 3.22. The number of piperidine rings is 1. The SMILES string of the molecule is CCOC(=O)N1CCN(C(=O)CN2CCC(C(=O)Nc3cnn(CC)c3)CC2)CC1. The molecule has 166 valence electrons. The smallest absolute Gasteiger partial charge is 0.409 e. The van der Waals surface area contributed by atoms with Crippen LogP contribution in [-0.4, -0.2) is 94.8 Å². The van der Waals surface area contributed by atoms with E-state index in [1.54, 1.807) is 27.6 Å². The van der Waals surface area contributed by atoms with E-state index in [0.717, 1.165) is 38.2 Å². The Hall–Kier alpha value is -2.62. The van der Waals surface area contributed by atoms with Crippen molar-refractivity contribution in [2.45, 2.75) is 33.2 Å². The molecule has 2 fully saturated rings. The summed E-state index contributed by atoms with van der Waals surface area (Å²) in [6.45, 7) is 8.76. The molecular weight excluding hydrogens is 388 g/mol. The molecular formula is C20H32N6O4. The molecule has 10 heteroatoms. The molecule has 1 aromatic rings. The predicted molar refractivity (Wildman–Crippen MR) is 111 cm³/mol. The zero-order valence-corrected chi connectivity index (χ0v) is 17.9. The van der Waals surface area contributed by atoms with Crippen molar-refractivity contribution >= 4 is 23.6 Å². The van der Waals surface area contributed by atoms with E-state index in [-0.39, 0.29) is 23.8 Å². The lowest BCUT2D eigenvalue weighted by Crippen LogP contribution is -2.53. The molecule has 0 radical (unpaired) electrons. The third-order valence-electron chi connectivity index (χ3n) is 5.70. The lowest BCUT2D eigenvalue weighted by atomic mass is 9.96. The largest absolute Gasteiger partial charge is 0.450 e. The van der Waals surface area contributed by atoms with Gasteiger partial charge in [-0.2, -0.15) is 5.10 Å². The number of hydrogen-bond acceptors (Lipinski definition) is 6. The molecule has 10 nitrogen and oxygen atoms in total. The third kappa shape index (κ3) is 5.71. The molecule has 0 aromatic carbocycles. The highest BCUT2D eigenvalue weighted by atomic mass is 16.6. The molecule has 0 bridgehead atoms. The van der Waals surface area contributed by atoms with E-state index < -0.39 is 0 Å². The fraction of sp³-hybridized carbons (Fsp3) is 0.700. The molecule has 0 atom stereocenters. The fourth-order valence-electron chi connectivity index (χ4n) is 3.84. The Balaban J connectivity index is 1.37. The molecule has 0 spiro atoms. The summed E-state index contributed by atoms with van der Waals surface area (Å²) in [7, 11) is 0. The number of carbonyl (C=O) groups excluding carboxylic acids is 3. The van der Waals surface area contributed by atoms with Gasteiger partial charge in [-0.3, -0.25) is 19.2 Å². The number of nitrogens with zero attached hydrogens (tertiary/aromatic N) is 5. The van der Waals surface area contributed by atoms with Crippen molar-refractivity contribution in [1.29, 1.82) is 0 Å². The molecule has 2 aliphatic heterocycles. The first-order valence-corrected chi connectivity index (χ1v) is 10.7. The minimum atomic E-state index is -0.313. The Bertz CT molecular complexity index is 735. The van der Waals surface area contributed by atoms with Crippen LogP contribution in [0, 0.1) is 5.92 Å². The van der Waals surface area contributed by atoms with Gasteiger partial charge < -0.3 is 19.9 Å². The van der Waals surface area contributed by atoms with Crippen molar-refractivity contribution in [2.75, 3.05) is 57.7 Å². The van der Waals surface area contributed by atoms with Gasteiger partial charge in [0.1, 0.15) is 0 Å². The maximum Gasteiger partial charge on any atom is 0.409 e. The molecule has 1 aromatic heterocycles. The highest BCUT2D eigenvalue weighted by Crippen LogP contribution is 2.19. The Morgan fingerprint density at radius 3 is 2.33 bits per heavy atom. The van der Waals surface area contributed by atoms with Crippen molar-refractivity contribution in [2.24, 2.45) is 5.92 Å². The summed E-state index contributed by atoms with van der Waals surface area (Å²) in [4.78, 5) is 42.4. The average molecular weight is 421 g/mol. The minimum absolute atomic E-state index is 0.0201. The second-order valence-electron chi connectivity index (χ2n) is 7.69. The van der Waals surface area contributed by atoms with Crippen LogP contribution in [0.15, 0.2) is 12.4 Å². The molecule has 2 aliphatic rings. The second-order valence-corrected chi connectivity index (χ2v) is 7.69. The normalized spacial score (nSPS) is 18.3. The molecule has 0 unspecified atom stereocenters. The summed E-state index contributed by atoms with van der Waals surface area (Å²) >= 11 is 0. The van der Waals surface area contributed by atoms with E-state index in [4.69, 9.17) is 4.74 Å². The van der Waals surface area contributed by atoms with E-state index in [0.29, 0.717) is 39.3 Å². The van der Waals surface area contributed by atoms with E-state index >= 15 is 0 Å². The Kier molecular flexibility index (Phi) is 7.67. The van der Waals surface area contributed by atoms with Crippen LogP contribution in [-0.2, 0) is 20.9 Å². The van der Waals surface area contributed by atoms with E-state index in [9.17, 15) is 14.4 Å². The van der Waals surface area contributed by atoms with Gasteiger partial charge in [0.15, 0.2) is 0 Å². The highest BCUT2D eigenvalue weighted by molar-refractivity contribution is 5.92. The van der Waals surface area contributed by atoms with Crippen LogP contribution in [0.2, 0.25) is 0 Å². The van der Waals surface area contributed by atoms with E-state index in [2.05, 4.69) is 15.3 Å². The van der Waals surface area contributed by atoms with Gasteiger partial charge in [0, 0.05) is 44.8 Å². The summed E-state index contributed by atoms with van der Waals surface area (Å²) in [6, 6.07) is 0. The van der Waals surface area contributed by atoms with Crippen molar-refractivity contribution in [3.63, 3.8) is 0 Å². The van der Waals surface area contributed by atoms with Gasteiger partial charge in [0.05, 0.1) is 25.0 Å². The number of anilines is 1. The van der Waals surface area contributed by atoms with E-state index in [1.807, 2.05) is 13.1 Å². The number of nitrogens with one attached hydrogen (secondary N) is 1. The number of carbonyl (C=O) groups is 3. The molecule has 30 heavy (non-hydrogen) atoms. The lowest BCUT2D eigenvalue weighted by molar-refractivity contribution is -0.134. The monoisotopic (exact) mass is 420 g/mol. The maximum atomic E-state index is 12.6. The quantitative estimate of drug-likeness (QED) is 0.733. The summed E-state index contributed by atoms with van der Waals surface area (Å²) in [5.41, 5.74) is 0.724. The zero-order valence-electron chi connectivity index (χ0n) is 17.9. The Morgan fingerprint density at radius 1 is 1.07 bits per heavy atom. The number of likely N-dealkylation sites (tertiary alicyclic amines) is 1. The number of aryl methyl sites for hydroxylation is 1.